The van der Waals surface area contributed by atoms with Gasteiger partial charge in [-0.25, -0.2) is 9.78 Å². The summed E-state index contributed by atoms with van der Waals surface area (Å²) in [7, 11) is 0. The number of ether oxygens (including phenoxy) is 2. The van der Waals surface area contributed by atoms with Crippen molar-refractivity contribution in [3.8, 4) is 0 Å². The molecule has 8 nitrogen and oxygen atoms in total. The molecular formula is C23H33N5O3. The first-order chi connectivity index (χ1) is 15.1. The minimum Gasteiger partial charge on any atom is -0.447 e. The number of morpholine rings is 1. The van der Waals surface area contributed by atoms with Crippen molar-refractivity contribution in [2.24, 2.45) is 0 Å². The first-order valence-corrected chi connectivity index (χ1v) is 11.0. The van der Waals surface area contributed by atoms with E-state index in [1.54, 1.807) is 12.3 Å². The summed E-state index contributed by atoms with van der Waals surface area (Å²) >= 11 is 0. The fraction of sp³-hybridized carbons (Fsp3) is 0.522. The van der Waals surface area contributed by atoms with Crippen molar-refractivity contribution < 1.29 is 14.3 Å². The highest BCUT2D eigenvalue weighted by atomic mass is 16.6. The molecule has 168 valence electrons. The van der Waals surface area contributed by atoms with E-state index in [1.165, 1.54) is 16.9 Å². The molecule has 0 aliphatic carbocycles. The van der Waals surface area contributed by atoms with E-state index in [4.69, 9.17) is 9.47 Å². The maximum absolute atomic E-state index is 11.7. The van der Waals surface area contributed by atoms with Crippen LogP contribution in [0.25, 0.3) is 0 Å². The van der Waals surface area contributed by atoms with Gasteiger partial charge in [0.15, 0.2) is 0 Å². The maximum atomic E-state index is 11.7. The summed E-state index contributed by atoms with van der Waals surface area (Å²) in [6.45, 7) is 11.8. The van der Waals surface area contributed by atoms with E-state index in [0.717, 1.165) is 38.4 Å². The predicted molar refractivity (Wildman–Crippen MR) is 121 cm³/mol. The minimum absolute atomic E-state index is 0.0400. The number of cyclic esters (lactones) is 1. The van der Waals surface area contributed by atoms with Crippen LogP contribution in [0.5, 0.6) is 0 Å². The van der Waals surface area contributed by atoms with Gasteiger partial charge in [0.25, 0.3) is 0 Å². The van der Waals surface area contributed by atoms with Gasteiger partial charge in [0.05, 0.1) is 25.8 Å². The Bertz CT molecular complexity index is 824. The van der Waals surface area contributed by atoms with Gasteiger partial charge >= 0.3 is 6.09 Å². The molecule has 3 heterocycles. The first-order valence-electron chi connectivity index (χ1n) is 11.0. The standard InChI is InChI=1S/C20H25N5O3.C3H8/c1-15(17-4-2-16(3-5-17)14-24-8-11-27-12-9-24)22-19-21-7-6-18(23-19)25-10-13-28-20(25)26;1-3-2/h2-7,15H,8-14H2,1H3,(H,21,22,23);3H2,1-2H3/t15-;/m0./s1. The van der Waals surface area contributed by atoms with Crippen molar-refractivity contribution in [3.63, 3.8) is 0 Å². The molecule has 1 aromatic carbocycles. The van der Waals surface area contributed by atoms with Gasteiger partial charge in [-0.2, -0.15) is 4.98 Å². The van der Waals surface area contributed by atoms with Gasteiger partial charge in [0.1, 0.15) is 12.4 Å². The number of rotatable bonds is 6. The fourth-order valence-electron chi connectivity index (χ4n) is 3.38. The number of amides is 1. The molecule has 0 unspecified atom stereocenters. The second kappa shape index (κ2) is 11.6. The molecular weight excluding hydrogens is 394 g/mol. The molecule has 1 aromatic heterocycles. The van der Waals surface area contributed by atoms with Crippen LogP contribution >= 0.6 is 0 Å². The lowest BCUT2D eigenvalue weighted by atomic mass is 10.1. The molecule has 1 atom stereocenters. The molecule has 2 fully saturated rings. The largest absolute Gasteiger partial charge is 0.447 e. The van der Waals surface area contributed by atoms with Crippen molar-refractivity contribution in [2.75, 3.05) is 49.7 Å². The van der Waals surface area contributed by atoms with Gasteiger partial charge in [-0.15, -0.1) is 0 Å². The summed E-state index contributed by atoms with van der Waals surface area (Å²) in [6.07, 6.45) is 2.53. The Morgan fingerprint density at radius 2 is 1.77 bits per heavy atom. The van der Waals surface area contributed by atoms with Gasteiger partial charge in [-0.1, -0.05) is 44.5 Å². The molecule has 2 aliphatic rings. The van der Waals surface area contributed by atoms with Crippen molar-refractivity contribution in [1.29, 1.82) is 0 Å². The van der Waals surface area contributed by atoms with Crippen LogP contribution in [0.4, 0.5) is 16.6 Å². The normalized spacial score (nSPS) is 17.5. The third-order valence-electron chi connectivity index (χ3n) is 5.01. The number of nitrogens with zero attached hydrogens (tertiary/aromatic N) is 4. The zero-order valence-corrected chi connectivity index (χ0v) is 18.7. The van der Waals surface area contributed by atoms with Crippen molar-refractivity contribution in [2.45, 2.75) is 39.8 Å². The summed E-state index contributed by atoms with van der Waals surface area (Å²) in [5, 5.41) is 3.31. The monoisotopic (exact) mass is 427 g/mol. The highest BCUT2D eigenvalue weighted by molar-refractivity contribution is 5.88. The second-order valence-electron chi connectivity index (χ2n) is 7.71. The summed E-state index contributed by atoms with van der Waals surface area (Å²) in [5.74, 6) is 1.04. The molecule has 8 heteroatoms. The molecule has 0 saturated carbocycles. The van der Waals surface area contributed by atoms with E-state index >= 15 is 0 Å². The zero-order chi connectivity index (χ0) is 22.1. The third-order valence-corrected chi connectivity index (χ3v) is 5.01. The zero-order valence-electron chi connectivity index (χ0n) is 18.7. The SMILES string of the molecule is CCC.C[C@H](Nc1nccc(N2CCOC2=O)n1)c1ccc(CN2CCOCC2)cc1. The van der Waals surface area contributed by atoms with Crippen molar-refractivity contribution >= 4 is 17.9 Å². The number of benzene rings is 1. The summed E-state index contributed by atoms with van der Waals surface area (Å²) in [6, 6.07) is 10.4. The van der Waals surface area contributed by atoms with Crippen LogP contribution in [0.2, 0.25) is 0 Å². The highest BCUT2D eigenvalue weighted by Crippen LogP contribution is 2.21. The van der Waals surface area contributed by atoms with Crippen molar-refractivity contribution in [1.82, 2.24) is 14.9 Å². The van der Waals surface area contributed by atoms with Crippen molar-refractivity contribution in [3.05, 3.63) is 47.7 Å². The second-order valence-corrected chi connectivity index (χ2v) is 7.71. The number of carbonyl (C=O) groups is 1. The molecule has 0 bridgehead atoms. The predicted octanol–water partition coefficient (Wildman–Crippen LogP) is 3.85. The Hall–Kier alpha value is -2.71. The Morgan fingerprint density at radius 3 is 2.42 bits per heavy atom. The molecule has 31 heavy (non-hydrogen) atoms. The van der Waals surface area contributed by atoms with E-state index in [9.17, 15) is 4.79 Å². The Kier molecular flexibility index (Phi) is 8.61. The third kappa shape index (κ3) is 6.63. The topological polar surface area (TPSA) is 79.8 Å². The lowest BCUT2D eigenvalue weighted by Gasteiger charge is -2.26. The summed E-state index contributed by atoms with van der Waals surface area (Å²) in [5.41, 5.74) is 2.45. The molecule has 2 aliphatic heterocycles. The smallest absolute Gasteiger partial charge is 0.415 e. The van der Waals surface area contributed by atoms with Gasteiger partial charge in [-0.3, -0.25) is 9.80 Å². The number of aromatic nitrogens is 2. The lowest BCUT2D eigenvalue weighted by molar-refractivity contribution is 0.0342. The number of hydrogen-bond donors (Lipinski definition) is 1. The first kappa shape index (κ1) is 23.0. The average molecular weight is 428 g/mol. The van der Waals surface area contributed by atoms with Crippen LogP contribution in [0.1, 0.15) is 44.4 Å². The van der Waals surface area contributed by atoms with Gasteiger partial charge < -0.3 is 14.8 Å². The average Bonchev–Trinajstić information content (AvgIpc) is 3.22. The van der Waals surface area contributed by atoms with Crippen LogP contribution in [0, 0.1) is 0 Å². The fourth-order valence-corrected chi connectivity index (χ4v) is 3.38. The van der Waals surface area contributed by atoms with E-state index in [0.29, 0.717) is 24.9 Å². The molecule has 0 radical (unpaired) electrons. The van der Waals surface area contributed by atoms with E-state index < -0.39 is 0 Å². The Morgan fingerprint density at radius 1 is 1.06 bits per heavy atom. The van der Waals surface area contributed by atoms with Gasteiger partial charge in [0, 0.05) is 25.8 Å². The molecule has 1 amide bonds. The molecule has 4 rings (SSSR count). The quantitative estimate of drug-likeness (QED) is 0.750. The molecule has 2 aromatic rings. The van der Waals surface area contributed by atoms with Crippen LogP contribution in [0.15, 0.2) is 36.5 Å². The Balaban J connectivity index is 0.000000858. The number of anilines is 2. The maximum Gasteiger partial charge on any atom is 0.415 e. The lowest BCUT2D eigenvalue weighted by Crippen LogP contribution is -2.35. The number of nitrogens with one attached hydrogen (secondary N) is 1. The van der Waals surface area contributed by atoms with Crippen LogP contribution in [-0.4, -0.2) is 60.4 Å². The van der Waals surface area contributed by atoms with Gasteiger partial charge in [0.2, 0.25) is 5.95 Å². The van der Waals surface area contributed by atoms with Crippen LogP contribution in [0.3, 0.4) is 0 Å². The van der Waals surface area contributed by atoms with Gasteiger partial charge in [-0.05, 0) is 24.1 Å². The Labute approximate surface area is 184 Å². The van der Waals surface area contributed by atoms with E-state index in [2.05, 4.69) is 65.2 Å². The highest BCUT2D eigenvalue weighted by Gasteiger charge is 2.25. The van der Waals surface area contributed by atoms with Crippen LogP contribution in [-0.2, 0) is 16.0 Å². The number of carbonyl (C=O) groups excluding carboxylic acids is 1. The molecule has 2 saturated heterocycles. The number of hydrogen-bond acceptors (Lipinski definition) is 7. The van der Waals surface area contributed by atoms with E-state index in [1.807, 2.05) is 0 Å². The van der Waals surface area contributed by atoms with Crippen LogP contribution < -0.4 is 10.2 Å². The van der Waals surface area contributed by atoms with E-state index in [-0.39, 0.29) is 12.1 Å². The summed E-state index contributed by atoms with van der Waals surface area (Å²) < 4.78 is 10.4. The minimum atomic E-state index is -0.367. The molecule has 0 spiro atoms. The summed E-state index contributed by atoms with van der Waals surface area (Å²) in [4.78, 5) is 24.4. The molecule has 1 N–H and O–H groups in total.